The first-order valence-corrected chi connectivity index (χ1v) is 39.2. The number of rotatable bonds is 69. The maximum atomic E-state index is 13.6. The van der Waals surface area contributed by atoms with Gasteiger partial charge in [0.05, 0.1) is 33.8 Å². The quantitative estimate of drug-likeness (QED) is 0.0212. The fraction of sp³-hybridized carbons (Fsp3) is 0.821. The van der Waals surface area contributed by atoms with E-state index in [4.69, 9.17) is 13.8 Å². The van der Waals surface area contributed by atoms with E-state index in [9.17, 15) is 19.0 Å². The highest BCUT2D eigenvalue weighted by molar-refractivity contribution is 7.45. The summed E-state index contributed by atoms with van der Waals surface area (Å²) in [5.74, 6) is -0.529. The van der Waals surface area contributed by atoms with Crippen LogP contribution in [0.5, 0.6) is 0 Å². The minimum Gasteiger partial charge on any atom is -0.756 e. The summed E-state index contributed by atoms with van der Waals surface area (Å²) in [6.07, 6.45) is 88.9. The molecule has 0 aromatic carbocycles. The van der Waals surface area contributed by atoms with E-state index in [1.165, 1.54) is 250 Å². The van der Waals surface area contributed by atoms with E-state index in [0.717, 1.165) is 77.0 Å². The van der Waals surface area contributed by atoms with Crippen molar-refractivity contribution in [3.05, 3.63) is 72.9 Å². The van der Waals surface area contributed by atoms with Gasteiger partial charge in [0.15, 0.2) is 0 Å². The summed E-state index contributed by atoms with van der Waals surface area (Å²) in [4.78, 5) is 40.3. The van der Waals surface area contributed by atoms with Crippen molar-refractivity contribution in [3.8, 4) is 0 Å². The van der Waals surface area contributed by atoms with Crippen molar-refractivity contribution in [1.29, 1.82) is 0 Å². The predicted molar refractivity (Wildman–Crippen MR) is 381 cm³/mol. The van der Waals surface area contributed by atoms with E-state index in [0.29, 0.717) is 17.4 Å². The molecule has 3 atom stereocenters. The van der Waals surface area contributed by atoms with Gasteiger partial charge in [-0.05, 0) is 102 Å². The number of likely N-dealkylation sites (N-methyl/N-ethyl adjacent to an activating group) is 1. The Morgan fingerprint density at radius 2 is 0.693 bits per heavy atom. The highest BCUT2D eigenvalue weighted by atomic mass is 31.2. The van der Waals surface area contributed by atoms with Crippen molar-refractivity contribution in [1.82, 2.24) is 5.32 Å². The zero-order valence-corrected chi connectivity index (χ0v) is 59.8. The van der Waals surface area contributed by atoms with Crippen molar-refractivity contribution < 1.29 is 37.3 Å². The molecule has 0 aliphatic heterocycles. The second-order valence-corrected chi connectivity index (χ2v) is 28.2. The van der Waals surface area contributed by atoms with Crippen LogP contribution in [-0.4, -0.2) is 69.4 Å². The van der Waals surface area contributed by atoms with Gasteiger partial charge in [0, 0.05) is 12.8 Å². The third-order valence-corrected chi connectivity index (χ3v) is 17.8. The Kier molecular flexibility index (Phi) is 65.4. The van der Waals surface area contributed by atoms with Gasteiger partial charge in [0.2, 0.25) is 5.91 Å². The first-order chi connectivity index (χ1) is 42.9. The lowest BCUT2D eigenvalue weighted by molar-refractivity contribution is -0.870. The zero-order chi connectivity index (χ0) is 64.2. The Labute approximate surface area is 546 Å². The van der Waals surface area contributed by atoms with E-state index >= 15 is 0 Å². The lowest BCUT2D eigenvalue weighted by atomic mass is 10.0. The molecule has 0 aliphatic carbocycles. The minimum atomic E-state index is -4.71. The number of esters is 1. The van der Waals surface area contributed by atoms with E-state index in [1.807, 2.05) is 33.3 Å². The van der Waals surface area contributed by atoms with Gasteiger partial charge in [-0.1, -0.05) is 319 Å². The first kappa shape index (κ1) is 85.5. The molecule has 10 heteroatoms. The molecule has 0 spiro atoms. The van der Waals surface area contributed by atoms with Crippen LogP contribution in [0.25, 0.3) is 0 Å². The zero-order valence-electron chi connectivity index (χ0n) is 58.9. The van der Waals surface area contributed by atoms with E-state index < -0.39 is 20.0 Å². The molecule has 88 heavy (non-hydrogen) atoms. The standard InChI is InChI=1S/C78H145N2O7P/c1-7-10-13-16-19-22-25-28-30-32-34-36-38-39-40-41-43-45-47-49-51-53-56-59-62-65-68-71-78(82)87-76(69-66-63-60-57-54-27-24-21-18-15-12-9-3)75(74-86-88(83,84)85-73-72-80(4,5)6)79-77(81)70-67-64-61-58-55-52-50-48-46-44-42-37-35-33-31-29-26-23-20-17-14-11-8-2/h19-20,22-23,28-31,34,36,66,69,75-76H,7-18,21,24-27,32-33,35,37-65,67-68,70-74H2,1-6H3,(H-,79,81,83,84)/b22-19-,23-20-,30-28-,31-29-,36-34-,69-66+. The predicted octanol–water partition coefficient (Wildman–Crippen LogP) is 23.7. The van der Waals surface area contributed by atoms with Crippen LogP contribution in [0.15, 0.2) is 72.9 Å². The molecule has 0 saturated heterocycles. The molecule has 0 bridgehead atoms. The van der Waals surface area contributed by atoms with Crippen LogP contribution in [0.3, 0.4) is 0 Å². The number of nitrogens with one attached hydrogen (secondary N) is 1. The average Bonchev–Trinajstić information content (AvgIpc) is 3.61. The third kappa shape index (κ3) is 67.8. The van der Waals surface area contributed by atoms with Crippen LogP contribution in [0.1, 0.15) is 361 Å². The number of unbranched alkanes of at least 4 members (excludes halogenated alkanes) is 43. The number of hydrogen-bond donors (Lipinski definition) is 1. The maximum Gasteiger partial charge on any atom is 0.306 e. The summed E-state index contributed by atoms with van der Waals surface area (Å²) in [7, 11) is 1.19. The third-order valence-electron chi connectivity index (χ3n) is 16.9. The summed E-state index contributed by atoms with van der Waals surface area (Å²) >= 11 is 0. The van der Waals surface area contributed by atoms with Crippen LogP contribution in [0.4, 0.5) is 0 Å². The van der Waals surface area contributed by atoms with Gasteiger partial charge in [0.25, 0.3) is 7.82 Å². The Balaban J connectivity index is 4.97. The van der Waals surface area contributed by atoms with E-state index in [1.54, 1.807) is 0 Å². The van der Waals surface area contributed by atoms with Crippen molar-refractivity contribution in [2.24, 2.45) is 0 Å². The van der Waals surface area contributed by atoms with Gasteiger partial charge in [-0.3, -0.25) is 14.2 Å². The van der Waals surface area contributed by atoms with Gasteiger partial charge in [-0.2, -0.15) is 0 Å². The highest BCUT2D eigenvalue weighted by Gasteiger charge is 2.27. The number of ether oxygens (including phenoxy) is 1. The Morgan fingerprint density at radius 3 is 1.06 bits per heavy atom. The van der Waals surface area contributed by atoms with Gasteiger partial charge in [0.1, 0.15) is 19.3 Å². The van der Waals surface area contributed by atoms with Gasteiger partial charge in [-0.25, -0.2) is 0 Å². The van der Waals surface area contributed by atoms with Crippen molar-refractivity contribution in [2.75, 3.05) is 40.9 Å². The Morgan fingerprint density at radius 1 is 0.398 bits per heavy atom. The van der Waals surface area contributed by atoms with Crippen LogP contribution in [-0.2, 0) is 27.9 Å². The molecule has 9 nitrogen and oxygen atoms in total. The summed E-state index contributed by atoms with van der Waals surface area (Å²) in [5.41, 5.74) is 0. The summed E-state index contributed by atoms with van der Waals surface area (Å²) in [5, 5.41) is 3.05. The van der Waals surface area contributed by atoms with E-state index in [2.05, 4.69) is 86.8 Å². The molecule has 1 amide bonds. The number of carbonyl (C=O) groups is 2. The molecule has 0 aromatic heterocycles. The number of phosphoric acid groups is 1. The molecule has 0 radical (unpaired) electrons. The fourth-order valence-electron chi connectivity index (χ4n) is 11.0. The molecular formula is C78H145N2O7P. The molecule has 0 aliphatic rings. The molecule has 0 saturated carbocycles. The van der Waals surface area contributed by atoms with Crippen molar-refractivity contribution >= 4 is 19.7 Å². The highest BCUT2D eigenvalue weighted by Crippen LogP contribution is 2.38. The van der Waals surface area contributed by atoms with Gasteiger partial charge >= 0.3 is 5.97 Å². The largest absolute Gasteiger partial charge is 0.756 e. The molecular weight excluding hydrogens is 1110 g/mol. The maximum absolute atomic E-state index is 13.6. The number of allylic oxidation sites excluding steroid dienone is 11. The second kappa shape index (κ2) is 67.3. The van der Waals surface area contributed by atoms with Crippen LogP contribution < -0.4 is 10.2 Å². The lowest BCUT2D eigenvalue weighted by Gasteiger charge is -2.30. The molecule has 514 valence electrons. The summed E-state index contributed by atoms with van der Waals surface area (Å²) in [6, 6.07) is -0.891. The smallest absolute Gasteiger partial charge is 0.306 e. The lowest BCUT2D eigenvalue weighted by Crippen LogP contribution is -2.47. The molecule has 0 fully saturated rings. The number of nitrogens with zero attached hydrogens (tertiary/aromatic N) is 1. The van der Waals surface area contributed by atoms with E-state index in [-0.39, 0.29) is 31.5 Å². The van der Waals surface area contributed by atoms with Crippen LogP contribution >= 0.6 is 7.82 Å². The molecule has 1 N–H and O–H groups in total. The number of hydrogen-bond acceptors (Lipinski definition) is 7. The number of amides is 1. The van der Waals surface area contributed by atoms with Crippen LogP contribution in [0, 0.1) is 0 Å². The first-order valence-electron chi connectivity index (χ1n) is 37.7. The van der Waals surface area contributed by atoms with Crippen LogP contribution in [0.2, 0.25) is 0 Å². The normalized spacial score (nSPS) is 13.9. The Hall–Kier alpha value is -2.55. The van der Waals surface area contributed by atoms with Crippen molar-refractivity contribution in [3.63, 3.8) is 0 Å². The number of phosphoric ester groups is 1. The van der Waals surface area contributed by atoms with Crippen molar-refractivity contribution in [2.45, 2.75) is 373 Å². The average molecular weight is 1250 g/mol. The molecule has 0 rings (SSSR count). The minimum absolute atomic E-state index is 0.0227. The van der Waals surface area contributed by atoms with Gasteiger partial charge in [-0.15, -0.1) is 0 Å². The van der Waals surface area contributed by atoms with Gasteiger partial charge < -0.3 is 28.5 Å². The SMILES string of the molecule is CCCCC/C=C\C/C=C\C/C=C\CCCCCCCCCCCCCCCCC(=O)OC(/C=C/CCCCCCCCCCCC)C(COP(=O)([O-])OCC[N+](C)(C)C)NC(=O)CCCCCCCCCCCCCCC/C=C\C/C=C\CCCCC. The number of quaternary nitrogens is 1. The fourth-order valence-corrected chi connectivity index (χ4v) is 11.8. The number of carbonyl (C=O) groups excluding carboxylic acids is 2. The summed E-state index contributed by atoms with van der Waals surface area (Å²) in [6.45, 7) is 6.84. The molecule has 3 unspecified atom stereocenters. The monoisotopic (exact) mass is 1250 g/mol. The molecule has 0 heterocycles. The Bertz CT molecular complexity index is 1730. The summed E-state index contributed by atoms with van der Waals surface area (Å²) < 4.78 is 30.5. The topological polar surface area (TPSA) is 114 Å². The molecule has 0 aromatic rings. The second-order valence-electron chi connectivity index (χ2n) is 26.8.